The van der Waals surface area contributed by atoms with E-state index in [-0.39, 0.29) is 30.3 Å². The van der Waals surface area contributed by atoms with E-state index in [1.54, 1.807) is 13.0 Å². The summed E-state index contributed by atoms with van der Waals surface area (Å²) in [6, 6.07) is 12.2. The average molecular weight is 471 g/mol. The molecule has 0 saturated carbocycles. The van der Waals surface area contributed by atoms with Crippen molar-refractivity contribution in [1.82, 2.24) is 9.13 Å². The minimum atomic E-state index is -0.780. The van der Waals surface area contributed by atoms with Crippen LogP contribution in [0.15, 0.2) is 64.2 Å². The highest BCUT2D eigenvalue weighted by Gasteiger charge is 2.16. The van der Waals surface area contributed by atoms with E-state index >= 15 is 0 Å². The lowest BCUT2D eigenvalue weighted by atomic mass is 10.3. The number of benzene rings is 2. The van der Waals surface area contributed by atoms with Gasteiger partial charge in [0.1, 0.15) is 24.0 Å². The van der Waals surface area contributed by atoms with Crippen LogP contribution < -0.4 is 27.2 Å². The number of hydrogen-bond donors (Lipinski definition) is 3. The molecule has 0 spiro atoms. The smallest absolute Gasteiger partial charge is 0.333 e. The lowest BCUT2D eigenvalue weighted by molar-refractivity contribution is -0.117. The van der Waals surface area contributed by atoms with Crippen LogP contribution in [0.2, 0.25) is 0 Å². The van der Waals surface area contributed by atoms with Gasteiger partial charge >= 0.3 is 5.69 Å². The molecule has 9 nitrogen and oxygen atoms in total. The molecule has 0 aliphatic heterocycles. The third kappa shape index (κ3) is 5.94. The zero-order chi connectivity index (χ0) is 24.7. The van der Waals surface area contributed by atoms with Crippen molar-refractivity contribution in [1.29, 1.82) is 0 Å². The predicted octanol–water partition coefficient (Wildman–Crippen LogP) is 2.39. The second kappa shape index (κ2) is 11.0. The Balaban J connectivity index is 1.76. The first-order valence-electron chi connectivity index (χ1n) is 10.5. The van der Waals surface area contributed by atoms with Crippen LogP contribution in [-0.4, -0.2) is 27.5 Å². The van der Waals surface area contributed by atoms with Crippen LogP contribution in [0.1, 0.15) is 13.3 Å². The molecule has 178 valence electrons. The fourth-order valence-electron chi connectivity index (χ4n) is 3.17. The Labute approximate surface area is 193 Å². The Morgan fingerprint density at radius 2 is 1.41 bits per heavy atom. The molecule has 1 heterocycles. The molecular formula is C23H23F2N5O4. The molecule has 0 fully saturated rings. The van der Waals surface area contributed by atoms with Gasteiger partial charge in [0.15, 0.2) is 0 Å². The number of amides is 2. The van der Waals surface area contributed by atoms with E-state index in [0.717, 1.165) is 10.6 Å². The summed E-state index contributed by atoms with van der Waals surface area (Å²) in [5, 5.41) is 7.43. The number of nitrogens with zero attached hydrogens (tertiary/aromatic N) is 2. The number of nitrogens with one attached hydrogen (secondary N) is 3. The maximum Gasteiger partial charge on any atom is 0.333 e. The number of hydrogen-bond acceptors (Lipinski definition) is 5. The van der Waals surface area contributed by atoms with Gasteiger partial charge in [-0.25, -0.2) is 13.6 Å². The SMILES string of the molecule is CCCn1c(NCC(=O)Nc2ccccc2F)cc(=O)n(CC(=O)Nc2ccccc2F)c1=O. The van der Waals surface area contributed by atoms with Gasteiger partial charge in [-0.2, -0.15) is 0 Å². The van der Waals surface area contributed by atoms with Gasteiger partial charge in [-0.05, 0) is 30.7 Å². The number of rotatable bonds is 9. The summed E-state index contributed by atoms with van der Waals surface area (Å²) >= 11 is 0. The van der Waals surface area contributed by atoms with Gasteiger partial charge in [-0.3, -0.25) is 23.5 Å². The maximum atomic E-state index is 13.8. The van der Waals surface area contributed by atoms with Gasteiger partial charge in [0, 0.05) is 12.6 Å². The van der Waals surface area contributed by atoms with Crippen molar-refractivity contribution in [2.24, 2.45) is 0 Å². The molecule has 0 saturated heterocycles. The van der Waals surface area contributed by atoms with E-state index in [1.165, 1.54) is 47.0 Å². The number of halogens is 2. The highest BCUT2D eigenvalue weighted by atomic mass is 19.1. The molecule has 0 unspecified atom stereocenters. The minimum absolute atomic E-state index is 0.00321. The van der Waals surface area contributed by atoms with Gasteiger partial charge in [0.05, 0.1) is 17.9 Å². The summed E-state index contributed by atoms with van der Waals surface area (Å²) in [6.45, 7) is 1.05. The number of carbonyl (C=O) groups excluding carboxylic acids is 2. The highest BCUT2D eigenvalue weighted by Crippen LogP contribution is 2.13. The Morgan fingerprint density at radius 3 is 1.97 bits per heavy atom. The molecule has 2 amide bonds. The van der Waals surface area contributed by atoms with E-state index < -0.39 is 41.2 Å². The molecule has 0 atom stereocenters. The lowest BCUT2D eigenvalue weighted by Gasteiger charge is -2.16. The van der Waals surface area contributed by atoms with Crippen LogP contribution in [0.4, 0.5) is 26.0 Å². The van der Waals surface area contributed by atoms with E-state index in [4.69, 9.17) is 0 Å². The fourth-order valence-corrected chi connectivity index (χ4v) is 3.17. The fraction of sp³-hybridized carbons (Fsp3) is 0.217. The largest absolute Gasteiger partial charge is 0.362 e. The molecule has 34 heavy (non-hydrogen) atoms. The van der Waals surface area contributed by atoms with E-state index in [1.807, 2.05) is 0 Å². The Kier molecular flexibility index (Phi) is 7.91. The van der Waals surface area contributed by atoms with Crippen molar-refractivity contribution in [3.8, 4) is 0 Å². The first kappa shape index (κ1) is 24.4. The van der Waals surface area contributed by atoms with Crippen molar-refractivity contribution in [3.63, 3.8) is 0 Å². The number of aromatic nitrogens is 2. The summed E-state index contributed by atoms with van der Waals surface area (Å²) in [5.41, 5.74) is -1.63. The second-order valence-electron chi connectivity index (χ2n) is 7.30. The zero-order valence-corrected chi connectivity index (χ0v) is 18.3. The van der Waals surface area contributed by atoms with Crippen LogP contribution in [-0.2, 0) is 22.7 Å². The molecule has 0 aliphatic rings. The number of carbonyl (C=O) groups is 2. The summed E-state index contributed by atoms with van der Waals surface area (Å²) in [4.78, 5) is 50.0. The lowest BCUT2D eigenvalue weighted by Crippen LogP contribution is -2.43. The minimum Gasteiger partial charge on any atom is -0.362 e. The summed E-state index contributed by atoms with van der Waals surface area (Å²) in [6.07, 6.45) is 0.523. The second-order valence-corrected chi connectivity index (χ2v) is 7.30. The molecule has 2 aromatic carbocycles. The topological polar surface area (TPSA) is 114 Å². The number of para-hydroxylation sites is 2. The van der Waals surface area contributed by atoms with Gasteiger partial charge in [0.2, 0.25) is 11.8 Å². The normalized spacial score (nSPS) is 10.6. The van der Waals surface area contributed by atoms with Crippen LogP contribution >= 0.6 is 0 Å². The molecule has 3 rings (SSSR count). The van der Waals surface area contributed by atoms with Crippen LogP contribution in [0.3, 0.4) is 0 Å². The molecule has 3 N–H and O–H groups in total. The van der Waals surface area contributed by atoms with Crippen molar-refractivity contribution in [3.05, 3.63) is 87.1 Å². The van der Waals surface area contributed by atoms with E-state index in [9.17, 15) is 28.0 Å². The molecule has 0 bridgehead atoms. The van der Waals surface area contributed by atoms with Crippen LogP contribution in [0.25, 0.3) is 0 Å². The molecule has 11 heteroatoms. The first-order valence-corrected chi connectivity index (χ1v) is 10.5. The highest BCUT2D eigenvalue weighted by molar-refractivity contribution is 5.93. The quantitative estimate of drug-likeness (QED) is 0.444. The third-order valence-electron chi connectivity index (χ3n) is 4.75. The predicted molar refractivity (Wildman–Crippen MR) is 124 cm³/mol. The van der Waals surface area contributed by atoms with Crippen LogP contribution in [0.5, 0.6) is 0 Å². The van der Waals surface area contributed by atoms with E-state index in [2.05, 4.69) is 16.0 Å². The Morgan fingerprint density at radius 1 is 0.853 bits per heavy atom. The summed E-state index contributed by atoms with van der Waals surface area (Å²) < 4.78 is 29.4. The summed E-state index contributed by atoms with van der Waals surface area (Å²) in [5.74, 6) is -2.52. The standard InChI is InChI=1S/C23H23F2N5O4/c1-2-11-29-19(26-13-20(31)27-17-9-5-3-7-15(17)24)12-22(33)30(23(29)34)14-21(32)28-18-10-6-4-8-16(18)25/h3-10,12,26H,2,11,13-14H2,1H3,(H,27,31)(H,28,32). The molecule has 3 aromatic rings. The maximum absolute atomic E-state index is 13.8. The van der Waals surface area contributed by atoms with E-state index in [0.29, 0.717) is 6.42 Å². The van der Waals surface area contributed by atoms with Gasteiger partial charge in [-0.1, -0.05) is 31.2 Å². The van der Waals surface area contributed by atoms with Gasteiger partial charge < -0.3 is 16.0 Å². The van der Waals surface area contributed by atoms with Crippen molar-refractivity contribution >= 4 is 29.0 Å². The average Bonchev–Trinajstić information content (AvgIpc) is 2.80. The summed E-state index contributed by atoms with van der Waals surface area (Å²) in [7, 11) is 0. The number of anilines is 3. The monoisotopic (exact) mass is 471 g/mol. The Hall–Kier alpha value is -4.28. The van der Waals surface area contributed by atoms with Crippen molar-refractivity contribution in [2.75, 3.05) is 22.5 Å². The Bertz CT molecular complexity index is 1320. The van der Waals surface area contributed by atoms with Crippen molar-refractivity contribution < 1.29 is 18.4 Å². The van der Waals surface area contributed by atoms with Gasteiger partial charge in [0.25, 0.3) is 5.56 Å². The molecular weight excluding hydrogens is 448 g/mol. The zero-order valence-electron chi connectivity index (χ0n) is 18.3. The molecule has 0 aliphatic carbocycles. The van der Waals surface area contributed by atoms with Crippen molar-refractivity contribution in [2.45, 2.75) is 26.4 Å². The van der Waals surface area contributed by atoms with Gasteiger partial charge in [-0.15, -0.1) is 0 Å². The third-order valence-corrected chi connectivity index (χ3v) is 4.75. The molecule has 1 aromatic heterocycles. The first-order chi connectivity index (χ1) is 16.3. The van der Waals surface area contributed by atoms with Crippen LogP contribution in [0, 0.1) is 11.6 Å². The molecule has 0 radical (unpaired) electrons.